The first-order chi connectivity index (χ1) is 9.22. The van der Waals surface area contributed by atoms with Crippen molar-refractivity contribution < 1.29 is 4.39 Å². The van der Waals surface area contributed by atoms with E-state index < -0.39 is 0 Å². The highest BCUT2D eigenvalue weighted by atomic mass is 19.1. The molecule has 3 heteroatoms. The van der Waals surface area contributed by atoms with Crippen LogP contribution >= 0.6 is 0 Å². The molecular weight excluding hydrogens is 239 g/mol. The summed E-state index contributed by atoms with van der Waals surface area (Å²) >= 11 is 0. The summed E-state index contributed by atoms with van der Waals surface area (Å²) < 4.78 is 13.0. The zero-order valence-corrected chi connectivity index (χ0v) is 11.7. The van der Waals surface area contributed by atoms with Gasteiger partial charge in [-0.1, -0.05) is 19.1 Å². The molecular formula is C16H23FN2. The SMILES string of the molecule is CCC(c1ccc(F)cc1)N1CCC2(CCNC2)C1. The van der Waals surface area contributed by atoms with Crippen molar-refractivity contribution in [1.82, 2.24) is 10.2 Å². The van der Waals surface area contributed by atoms with Crippen molar-refractivity contribution >= 4 is 0 Å². The van der Waals surface area contributed by atoms with E-state index >= 15 is 0 Å². The number of benzene rings is 1. The second-order valence-corrected chi connectivity index (χ2v) is 6.12. The normalized spacial score (nSPS) is 29.2. The number of nitrogens with one attached hydrogen (secondary N) is 1. The Kier molecular flexibility index (Phi) is 3.59. The Balaban J connectivity index is 1.74. The van der Waals surface area contributed by atoms with Crippen LogP contribution in [0.1, 0.15) is 37.8 Å². The fourth-order valence-electron chi connectivity index (χ4n) is 3.77. The maximum Gasteiger partial charge on any atom is 0.123 e. The van der Waals surface area contributed by atoms with E-state index in [1.165, 1.54) is 44.6 Å². The van der Waals surface area contributed by atoms with Gasteiger partial charge in [0, 0.05) is 19.1 Å². The topological polar surface area (TPSA) is 15.3 Å². The van der Waals surface area contributed by atoms with Crippen LogP contribution in [0.5, 0.6) is 0 Å². The quantitative estimate of drug-likeness (QED) is 0.901. The zero-order chi connectivity index (χ0) is 13.3. The van der Waals surface area contributed by atoms with Crippen LogP contribution < -0.4 is 5.32 Å². The second-order valence-electron chi connectivity index (χ2n) is 6.12. The molecule has 0 aromatic heterocycles. The number of hydrogen-bond acceptors (Lipinski definition) is 2. The van der Waals surface area contributed by atoms with Crippen molar-refractivity contribution in [3.8, 4) is 0 Å². The third-order valence-corrected chi connectivity index (χ3v) is 4.88. The predicted molar refractivity (Wildman–Crippen MR) is 75.5 cm³/mol. The first-order valence-electron chi connectivity index (χ1n) is 7.43. The van der Waals surface area contributed by atoms with Gasteiger partial charge in [0.05, 0.1) is 0 Å². The van der Waals surface area contributed by atoms with Gasteiger partial charge < -0.3 is 5.32 Å². The van der Waals surface area contributed by atoms with E-state index in [1.54, 1.807) is 12.1 Å². The molecule has 1 aromatic carbocycles. The largest absolute Gasteiger partial charge is 0.316 e. The van der Waals surface area contributed by atoms with E-state index in [2.05, 4.69) is 17.1 Å². The Bertz CT molecular complexity index is 423. The van der Waals surface area contributed by atoms with Crippen LogP contribution in [0.25, 0.3) is 0 Å². The average Bonchev–Trinajstić information content (AvgIpc) is 3.04. The number of rotatable bonds is 3. The minimum Gasteiger partial charge on any atom is -0.316 e. The highest BCUT2D eigenvalue weighted by Gasteiger charge is 2.42. The molecule has 2 aliphatic heterocycles. The molecule has 1 spiro atoms. The molecule has 2 heterocycles. The molecule has 0 aliphatic carbocycles. The van der Waals surface area contributed by atoms with Gasteiger partial charge in [-0.2, -0.15) is 0 Å². The molecule has 2 nitrogen and oxygen atoms in total. The van der Waals surface area contributed by atoms with Gasteiger partial charge in [-0.05, 0) is 55.5 Å². The predicted octanol–water partition coefficient (Wildman–Crippen LogP) is 2.96. The van der Waals surface area contributed by atoms with E-state index in [1.807, 2.05) is 12.1 Å². The molecule has 2 saturated heterocycles. The van der Waals surface area contributed by atoms with Gasteiger partial charge in [0.15, 0.2) is 0 Å². The molecule has 2 fully saturated rings. The summed E-state index contributed by atoms with van der Waals surface area (Å²) in [5.74, 6) is -0.142. The highest BCUT2D eigenvalue weighted by molar-refractivity contribution is 5.20. The third kappa shape index (κ3) is 2.54. The molecule has 19 heavy (non-hydrogen) atoms. The summed E-state index contributed by atoms with van der Waals surface area (Å²) in [7, 11) is 0. The maximum atomic E-state index is 13.0. The maximum absolute atomic E-state index is 13.0. The van der Waals surface area contributed by atoms with Crippen molar-refractivity contribution in [2.24, 2.45) is 5.41 Å². The van der Waals surface area contributed by atoms with E-state index in [-0.39, 0.29) is 5.82 Å². The molecule has 1 aromatic rings. The van der Waals surface area contributed by atoms with Crippen molar-refractivity contribution in [1.29, 1.82) is 0 Å². The van der Waals surface area contributed by atoms with E-state index in [9.17, 15) is 4.39 Å². The van der Waals surface area contributed by atoms with Gasteiger partial charge in [0.1, 0.15) is 5.82 Å². The molecule has 0 bridgehead atoms. The van der Waals surface area contributed by atoms with E-state index in [4.69, 9.17) is 0 Å². The lowest BCUT2D eigenvalue weighted by atomic mass is 9.86. The summed E-state index contributed by atoms with van der Waals surface area (Å²) in [6, 6.07) is 7.51. The Morgan fingerprint density at radius 2 is 2.11 bits per heavy atom. The van der Waals surface area contributed by atoms with Gasteiger partial charge in [-0.3, -0.25) is 4.90 Å². The average molecular weight is 262 g/mol. The minimum atomic E-state index is -0.142. The van der Waals surface area contributed by atoms with Crippen LogP contribution in [0, 0.1) is 11.2 Å². The summed E-state index contributed by atoms with van der Waals surface area (Å²) in [5.41, 5.74) is 1.76. The molecule has 2 atom stereocenters. The molecule has 3 rings (SSSR count). The fraction of sp³-hybridized carbons (Fsp3) is 0.625. The third-order valence-electron chi connectivity index (χ3n) is 4.88. The fourth-order valence-corrected chi connectivity index (χ4v) is 3.77. The second kappa shape index (κ2) is 5.22. The van der Waals surface area contributed by atoms with Crippen LogP contribution in [0.3, 0.4) is 0 Å². The minimum absolute atomic E-state index is 0.142. The van der Waals surface area contributed by atoms with Crippen LogP contribution in [0.15, 0.2) is 24.3 Å². The van der Waals surface area contributed by atoms with Crippen molar-refractivity contribution in [2.75, 3.05) is 26.2 Å². The number of likely N-dealkylation sites (tertiary alicyclic amines) is 1. The summed E-state index contributed by atoms with van der Waals surface area (Å²) in [6.45, 7) is 6.93. The standard InChI is InChI=1S/C16H23FN2/c1-2-15(13-3-5-14(17)6-4-13)19-10-8-16(12-19)7-9-18-11-16/h3-6,15,18H,2,7-12H2,1H3. The van der Waals surface area contributed by atoms with Gasteiger partial charge >= 0.3 is 0 Å². The highest BCUT2D eigenvalue weighted by Crippen LogP contribution is 2.40. The van der Waals surface area contributed by atoms with Gasteiger partial charge in [-0.15, -0.1) is 0 Å². The summed E-state index contributed by atoms with van der Waals surface area (Å²) in [6.07, 6.45) is 3.70. The Hall–Kier alpha value is -0.930. The van der Waals surface area contributed by atoms with E-state index in [0.717, 1.165) is 6.42 Å². The smallest absolute Gasteiger partial charge is 0.123 e. The van der Waals surface area contributed by atoms with Gasteiger partial charge in [0.25, 0.3) is 0 Å². The Morgan fingerprint density at radius 3 is 2.74 bits per heavy atom. The van der Waals surface area contributed by atoms with E-state index in [0.29, 0.717) is 11.5 Å². The lowest BCUT2D eigenvalue weighted by molar-refractivity contribution is 0.206. The lowest BCUT2D eigenvalue weighted by Crippen LogP contribution is -2.31. The zero-order valence-electron chi connectivity index (χ0n) is 11.7. The molecule has 0 amide bonds. The molecule has 2 unspecified atom stereocenters. The summed E-state index contributed by atoms with van der Waals surface area (Å²) in [5, 5.41) is 3.50. The van der Waals surface area contributed by atoms with Crippen LogP contribution in [-0.4, -0.2) is 31.1 Å². The Labute approximate surface area is 115 Å². The number of nitrogens with zero attached hydrogens (tertiary/aromatic N) is 1. The first-order valence-corrected chi connectivity index (χ1v) is 7.43. The number of hydrogen-bond donors (Lipinski definition) is 1. The van der Waals surface area contributed by atoms with Crippen molar-refractivity contribution in [3.63, 3.8) is 0 Å². The molecule has 104 valence electrons. The lowest BCUT2D eigenvalue weighted by Gasteiger charge is -2.29. The van der Waals surface area contributed by atoms with Crippen LogP contribution in [-0.2, 0) is 0 Å². The monoisotopic (exact) mass is 262 g/mol. The van der Waals surface area contributed by atoms with Crippen LogP contribution in [0.2, 0.25) is 0 Å². The molecule has 0 saturated carbocycles. The van der Waals surface area contributed by atoms with Gasteiger partial charge in [-0.25, -0.2) is 4.39 Å². The summed E-state index contributed by atoms with van der Waals surface area (Å²) in [4.78, 5) is 2.60. The molecule has 2 aliphatic rings. The molecule has 0 radical (unpaired) electrons. The number of halogens is 1. The van der Waals surface area contributed by atoms with Gasteiger partial charge in [0.2, 0.25) is 0 Å². The van der Waals surface area contributed by atoms with Crippen molar-refractivity contribution in [3.05, 3.63) is 35.6 Å². The Morgan fingerprint density at radius 1 is 1.32 bits per heavy atom. The van der Waals surface area contributed by atoms with Crippen LogP contribution in [0.4, 0.5) is 4.39 Å². The molecule has 1 N–H and O–H groups in total. The van der Waals surface area contributed by atoms with Crippen molar-refractivity contribution in [2.45, 2.75) is 32.2 Å². The first kappa shape index (κ1) is 13.1.